The molecule has 4 rings (SSSR count). The molecule has 2 aromatic heterocycles. The monoisotopic (exact) mass is 392 g/mol. The van der Waals surface area contributed by atoms with Crippen molar-refractivity contribution in [1.82, 2.24) is 29.7 Å². The quantitative estimate of drug-likeness (QED) is 0.833. The molecule has 27 heavy (non-hydrogen) atoms. The van der Waals surface area contributed by atoms with E-state index >= 15 is 0 Å². The molecule has 0 unspecified atom stereocenters. The van der Waals surface area contributed by atoms with E-state index in [9.17, 15) is 9.59 Å². The van der Waals surface area contributed by atoms with E-state index < -0.39 is 0 Å². The number of carbonyl (C=O) groups excluding carboxylic acids is 2. The minimum Gasteiger partial charge on any atom is -0.338 e. The predicted octanol–water partition coefficient (Wildman–Crippen LogP) is 0.824. The van der Waals surface area contributed by atoms with Crippen molar-refractivity contribution in [3.8, 4) is 0 Å². The van der Waals surface area contributed by atoms with Crippen LogP contribution < -0.4 is 5.32 Å². The van der Waals surface area contributed by atoms with Crippen LogP contribution in [0.4, 0.5) is 0 Å². The highest BCUT2D eigenvalue weighted by Gasteiger charge is 2.40. The molecule has 0 saturated carbocycles. The zero-order chi connectivity index (χ0) is 18.1. The number of hydrogen-bond donors (Lipinski definition) is 1. The molecule has 0 aliphatic carbocycles. The van der Waals surface area contributed by atoms with Crippen molar-refractivity contribution in [2.24, 2.45) is 5.92 Å². The van der Waals surface area contributed by atoms with Gasteiger partial charge in [0, 0.05) is 51.0 Å². The van der Waals surface area contributed by atoms with Gasteiger partial charge in [-0.05, 0) is 31.9 Å². The Morgan fingerprint density at radius 2 is 2.22 bits per heavy atom. The van der Waals surface area contributed by atoms with Gasteiger partial charge in [0.2, 0.25) is 5.91 Å². The first-order valence-electron chi connectivity index (χ1n) is 9.20. The fraction of sp³-hybridized carbons (Fsp3) is 0.556. The number of nitrogens with zero attached hydrogens (tertiary/aromatic N) is 5. The molecule has 1 N–H and O–H groups in total. The minimum absolute atomic E-state index is 0. The average Bonchev–Trinajstić information content (AvgIpc) is 3.10. The molecule has 0 aromatic carbocycles. The number of halogens is 1. The number of piperidine rings is 2. The van der Waals surface area contributed by atoms with E-state index in [-0.39, 0.29) is 30.3 Å². The Morgan fingerprint density at radius 3 is 3.04 bits per heavy atom. The molecule has 2 aliphatic rings. The smallest absolute Gasteiger partial charge is 0.259 e. The number of hydrogen-bond acceptors (Lipinski definition) is 5. The highest BCUT2D eigenvalue weighted by atomic mass is 35.5. The molecule has 8 nitrogen and oxygen atoms in total. The summed E-state index contributed by atoms with van der Waals surface area (Å²) >= 11 is 0. The second-order valence-electron chi connectivity index (χ2n) is 7.04. The van der Waals surface area contributed by atoms with Crippen molar-refractivity contribution in [2.75, 3.05) is 33.2 Å². The molecule has 0 bridgehead atoms. The summed E-state index contributed by atoms with van der Waals surface area (Å²) in [6, 6.07) is 2.04. The second-order valence-corrected chi connectivity index (χ2v) is 7.04. The summed E-state index contributed by atoms with van der Waals surface area (Å²) in [5.41, 5.74) is 1.14. The summed E-state index contributed by atoms with van der Waals surface area (Å²) in [6.07, 6.45) is 7.32. The number of fused-ring (bicyclic) bond motifs is 2. The van der Waals surface area contributed by atoms with E-state index in [1.807, 2.05) is 16.8 Å². The normalized spacial score (nSPS) is 22.5. The summed E-state index contributed by atoms with van der Waals surface area (Å²) in [6.45, 7) is 2.89. The lowest BCUT2D eigenvalue weighted by atomic mass is 9.83. The van der Waals surface area contributed by atoms with Crippen molar-refractivity contribution >= 4 is 29.9 Å². The van der Waals surface area contributed by atoms with E-state index in [0.717, 1.165) is 25.9 Å². The maximum absolute atomic E-state index is 13.0. The van der Waals surface area contributed by atoms with Gasteiger partial charge < -0.3 is 15.1 Å². The first-order valence-corrected chi connectivity index (χ1v) is 9.20. The minimum atomic E-state index is -0.0178. The zero-order valence-corrected chi connectivity index (χ0v) is 16.2. The van der Waals surface area contributed by atoms with E-state index in [1.54, 1.807) is 29.2 Å². The topological polar surface area (TPSA) is 82.8 Å². The summed E-state index contributed by atoms with van der Waals surface area (Å²) in [5, 5.41) is 7.34. The highest BCUT2D eigenvalue weighted by molar-refractivity contribution is 5.99. The van der Waals surface area contributed by atoms with E-state index in [1.165, 1.54) is 0 Å². The van der Waals surface area contributed by atoms with Gasteiger partial charge in [-0.25, -0.2) is 9.50 Å². The summed E-state index contributed by atoms with van der Waals surface area (Å²) in [4.78, 5) is 33.5. The number of likely N-dealkylation sites (tertiary alicyclic amines) is 2. The molecule has 2 saturated heterocycles. The van der Waals surface area contributed by atoms with E-state index in [2.05, 4.69) is 15.4 Å². The van der Waals surface area contributed by atoms with Crippen LogP contribution in [0, 0.1) is 5.92 Å². The van der Waals surface area contributed by atoms with Gasteiger partial charge in [0.25, 0.3) is 5.91 Å². The average molecular weight is 393 g/mol. The van der Waals surface area contributed by atoms with Gasteiger partial charge in [0.05, 0.1) is 6.20 Å². The van der Waals surface area contributed by atoms with Crippen LogP contribution in [-0.4, -0.2) is 75.5 Å². The van der Waals surface area contributed by atoms with Crippen LogP contribution in [0.25, 0.3) is 5.65 Å². The Morgan fingerprint density at radius 1 is 1.37 bits per heavy atom. The molecule has 2 fully saturated rings. The van der Waals surface area contributed by atoms with Crippen LogP contribution in [-0.2, 0) is 4.79 Å². The molecule has 2 aromatic rings. The molecule has 0 radical (unpaired) electrons. The van der Waals surface area contributed by atoms with Gasteiger partial charge in [-0.2, -0.15) is 5.10 Å². The van der Waals surface area contributed by atoms with Crippen molar-refractivity contribution in [2.45, 2.75) is 25.3 Å². The third-order valence-corrected chi connectivity index (χ3v) is 5.54. The maximum Gasteiger partial charge on any atom is 0.259 e. The van der Waals surface area contributed by atoms with Crippen LogP contribution in [0.2, 0.25) is 0 Å². The summed E-state index contributed by atoms with van der Waals surface area (Å²) in [5.74, 6) is 0.570. The number of carbonyl (C=O) groups is 2. The van der Waals surface area contributed by atoms with Crippen molar-refractivity contribution in [3.63, 3.8) is 0 Å². The predicted molar refractivity (Wildman–Crippen MR) is 103 cm³/mol. The molecular formula is C18H25ClN6O2. The molecule has 4 heterocycles. The Balaban J connectivity index is 0.00000210. The summed E-state index contributed by atoms with van der Waals surface area (Å²) < 4.78 is 1.62. The fourth-order valence-electron chi connectivity index (χ4n) is 4.21. The van der Waals surface area contributed by atoms with Gasteiger partial charge in [-0.1, -0.05) is 0 Å². The third kappa shape index (κ3) is 3.64. The maximum atomic E-state index is 13.0. The SMILES string of the molecule is CNCCN1C(=O)CC[C@H]2CN(C(=O)c3cnn4cccnc34)CC[C@H]21.Cl. The first kappa shape index (κ1) is 19.6. The molecule has 9 heteroatoms. The van der Waals surface area contributed by atoms with Crippen LogP contribution in [0.5, 0.6) is 0 Å². The number of likely N-dealkylation sites (N-methyl/N-ethyl adjacent to an activating group) is 1. The first-order chi connectivity index (χ1) is 12.7. The number of amides is 2. The molecule has 146 valence electrons. The van der Waals surface area contributed by atoms with Gasteiger partial charge in [-0.15, -0.1) is 12.4 Å². The Kier molecular flexibility index (Phi) is 5.96. The van der Waals surface area contributed by atoms with Gasteiger partial charge in [0.15, 0.2) is 5.65 Å². The molecule has 2 aliphatic heterocycles. The van der Waals surface area contributed by atoms with Crippen LogP contribution in [0.3, 0.4) is 0 Å². The lowest BCUT2D eigenvalue weighted by Gasteiger charge is -2.47. The van der Waals surface area contributed by atoms with Gasteiger partial charge in [0.1, 0.15) is 5.56 Å². The summed E-state index contributed by atoms with van der Waals surface area (Å²) in [7, 11) is 1.90. The molecular weight excluding hydrogens is 368 g/mol. The number of nitrogens with one attached hydrogen (secondary N) is 1. The number of rotatable bonds is 4. The van der Waals surface area contributed by atoms with Gasteiger partial charge >= 0.3 is 0 Å². The highest BCUT2D eigenvalue weighted by Crippen LogP contribution is 2.31. The Bertz CT molecular complexity index is 825. The van der Waals surface area contributed by atoms with E-state index in [0.29, 0.717) is 36.6 Å². The Hall–Kier alpha value is -2.19. The standard InChI is InChI=1S/C18H24N6O2.ClH/c1-19-7-10-23-15-5-9-22(12-13(15)3-4-16(23)25)18(26)14-11-21-24-8-2-6-20-17(14)24;/h2,6,8,11,13,15,19H,3-5,7,9-10,12H2,1H3;1H/t13-,15+;/m0./s1. The van der Waals surface area contributed by atoms with Crippen molar-refractivity contribution < 1.29 is 9.59 Å². The molecule has 0 spiro atoms. The van der Waals surface area contributed by atoms with Crippen molar-refractivity contribution in [3.05, 3.63) is 30.2 Å². The largest absolute Gasteiger partial charge is 0.338 e. The van der Waals surface area contributed by atoms with Gasteiger partial charge in [-0.3, -0.25) is 9.59 Å². The van der Waals surface area contributed by atoms with Crippen LogP contribution >= 0.6 is 12.4 Å². The molecule has 2 amide bonds. The lowest BCUT2D eigenvalue weighted by Crippen LogP contribution is -2.57. The third-order valence-electron chi connectivity index (χ3n) is 5.54. The van der Waals surface area contributed by atoms with Crippen LogP contribution in [0.15, 0.2) is 24.7 Å². The number of aromatic nitrogens is 3. The van der Waals surface area contributed by atoms with Crippen molar-refractivity contribution in [1.29, 1.82) is 0 Å². The second kappa shape index (κ2) is 8.22. The molecule has 2 atom stereocenters. The van der Waals surface area contributed by atoms with Crippen LogP contribution in [0.1, 0.15) is 29.6 Å². The van der Waals surface area contributed by atoms with E-state index in [4.69, 9.17) is 0 Å². The zero-order valence-electron chi connectivity index (χ0n) is 15.4. The Labute approximate surface area is 164 Å². The fourth-order valence-corrected chi connectivity index (χ4v) is 4.21. The lowest BCUT2D eigenvalue weighted by molar-refractivity contribution is -0.140.